The van der Waals surface area contributed by atoms with Crippen LogP contribution in [0, 0.1) is 18.8 Å². The van der Waals surface area contributed by atoms with Gasteiger partial charge in [0.2, 0.25) is 0 Å². The Morgan fingerprint density at radius 2 is 1.14 bits per heavy atom. The molecule has 3 aliphatic heterocycles. The van der Waals surface area contributed by atoms with Crippen molar-refractivity contribution >= 4 is 56.6 Å². The summed E-state index contributed by atoms with van der Waals surface area (Å²) in [6.07, 6.45) is 18.8. The molecular formula is C71H67BN2O2. The zero-order valence-corrected chi connectivity index (χ0v) is 44.8. The average molecular weight is 991 g/mol. The van der Waals surface area contributed by atoms with Gasteiger partial charge in [-0.25, -0.2) is 0 Å². The molecule has 4 fully saturated rings. The second-order valence-electron chi connectivity index (χ2n) is 25.7. The summed E-state index contributed by atoms with van der Waals surface area (Å²) in [5.41, 5.74) is 22.6. The Kier molecular flexibility index (Phi) is 9.83. The fourth-order valence-corrected chi connectivity index (χ4v) is 16.7. The SMILES string of the molecule is Cc1ccccc1-c1cc2c3c(c1)N(c1ccc(C(C)(C)C)cc1-c1ccccc1)c1cc4c(cc1B3n1c3ccc(C56CCCC(CCC5)C6)cc3c3cc(C56CCCC(CCC5)C6)cc-2c31)Oc1ccccc1O4. The van der Waals surface area contributed by atoms with E-state index in [4.69, 9.17) is 9.47 Å². The molecule has 0 spiro atoms. The number of aromatic nitrogens is 1. The van der Waals surface area contributed by atoms with Crippen LogP contribution in [0.2, 0.25) is 0 Å². The average Bonchev–Trinajstić information content (AvgIpc) is 3.93. The largest absolute Gasteiger partial charge is 0.450 e. The Labute approximate surface area is 449 Å². The Morgan fingerprint density at radius 3 is 1.84 bits per heavy atom. The second-order valence-corrected chi connectivity index (χ2v) is 25.7. The van der Waals surface area contributed by atoms with E-state index in [1.807, 2.05) is 24.3 Å². The summed E-state index contributed by atoms with van der Waals surface area (Å²) in [7, 11) is 0. The normalized spacial score (nSPS) is 22.8. The summed E-state index contributed by atoms with van der Waals surface area (Å²) >= 11 is 0. The van der Waals surface area contributed by atoms with Gasteiger partial charge in [0, 0.05) is 50.4 Å². The van der Waals surface area contributed by atoms with Crippen molar-refractivity contribution in [1.82, 2.24) is 4.48 Å². The molecule has 8 aromatic carbocycles. The number of rotatable bonds is 5. The third-order valence-corrected chi connectivity index (χ3v) is 20.3. The molecule has 16 rings (SSSR count). The van der Waals surface area contributed by atoms with E-state index in [0.29, 0.717) is 0 Å². The number of anilines is 3. The number of fused-ring (bicyclic) bond motifs is 13. The van der Waals surface area contributed by atoms with Crippen LogP contribution in [-0.4, -0.2) is 11.3 Å². The van der Waals surface area contributed by atoms with Crippen molar-refractivity contribution in [3.63, 3.8) is 0 Å². The van der Waals surface area contributed by atoms with Crippen LogP contribution in [-0.2, 0) is 16.2 Å². The first-order chi connectivity index (χ1) is 37.1. The van der Waals surface area contributed by atoms with Crippen molar-refractivity contribution in [2.24, 2.45) is 11.8 Å². The minimum Gasteiger partial charge on any atom is -0.450 e. The van der Waals surface area contributed by atoms with Gasteiger partial charge in [0.15, 0.2) is 23.0 Å². The van der Waals surface area contributed by atoms with Gasteiger partial charge in [0.25, 0.3) is 0 Å². The molecule has 5 heteroatoms. The summed E-state index contributed by atoms with van der Waals surface area (Å²) in [5.74, 6) is 4.66. The molecule has 0 unspecified atom stereocenters. The van der Waals surface area contributed by atoms with Crippen molar-refractivity contribution in [3.8, 4) is 56.4 Å². The van der Waals surface area contributed by atoms with Crippen LogP contribution in [0.15, 0.2) is 152 Å². The molecular weight excluding hydrogens is 924 g/mol. The maximum Gasteiger partial charge on any atom is 0.333 e. The Balaban J connectivity index is 1.04. The molecule has 7 aliphatic rings. The molecule has 0 saturated heterocycles. The standard InChI is InChI=1S/C71H67BN2O2/c1-44-16-8-9-23-52(44)48-34-55-57-39-51(71-32-14-19-46(43-71)20-15-33-71)38-56-54-37-50(70-30-12-17-45(42-70)18-13-31-70)27-29-60(54)74(68(56)57)72-58-40-65-66(76-64-25-11-10-24-63(64)75-65)41-61(58)73(62(35-48)67(55)72)59-28-26-49(69(2,3)4)36-53(59)47-21-6-5-7-22-47/h5-11,16,21-29,34-41,45-46H,12-15,17-20,30-33,42-43H2,1-4H3. The highest BCUT2D eigenvalue weighted by Gasteiger charge is 2.48. The zero-order chi connectivity index (χ0) is 50.7. The number of aryl methyl sites for hydroxylation is 1. The van der Waals surface area contributed by atoms with Crippen molar-refractivity contribution in [2.75, 3.05) is 4.90 Å². The van der Waals surface area contributed by atoms with Crippen molar-refractivity contribution in [3.05, 3.63) is 174 Å². The molecule has 376 valence electrons. The Bertz CT molecular complexity index is 3870. The van der Waals surface area contributed by atoms with Crippen molar-refractivity contribution in [1.29, 1.82) is 0 Å². The topological polar surface area (TPSA) is 26.6 Å². The lowest BCUT2D eigenvalue weighted by Gasteiger charge is -2.46. The first-order valence-electron chi connectivity index (χ1n) is 29.1. The molecule has 76 heavy (non-hydrogen) atoms. The first kappa shape index (κ1) is 45.2. The van der Waals surface area contributed by atoms with Gasteiger partial charge in [-0.15, -0.1) is 0 Å². The van der Waals surface area contributed by atoms with Gasteiger partial charge in [0.05, 0.1) is 5.69 Å². The summed E-state index contributed by atoms with van der Waals surface area (Å²) in [6.45, 7) is 9.13. The molecule has 4 saturated carbocycles. The fourth-order valence-electron chi connectivity index (χ4n) is 16.7. The predicted molar refractivity (Wildman–Crippen MR) is 316 cm³/mol. The van der Waals surface area contributed by atoms with E-state index in [2.05, 4.69) is 164 Å². The number of nitrogens with zero attached hydrogens (tertiary/aromatic N) is 2. The summed E-state index contributed by atoms with van der Waals surface area (Å²) in [6, 6.07) is 58.7. The summed E-state index contributed by atoms with van der Waals surface area (Å²) in [5, 5.41) is 2.88. The highest BCUT2D eigenvalue weighted by atomic mass is 16.6. The number of ether oxygens (including phenoxy) is 2. The molecule has 4 bridgehead atoms. The van der Waals surface area contributed by atoms with E-state index in [-0.39, 0.29) is 23.1 Å². The molecule has 0 radical (unpaired) electrons. The van der Waals surface area contributed by atoms with Gasteiger partial charge in [-0.2, -0.15) is 0 Å². The molecule has 1 aromatic heterocycles. The molecule has 4 heterocycles. The van der Waals surface area contributed by atoms with Crippen LogP contribution >= 0.6 is 0 Å². The van der Waals surface area contributed by atoms with Gasteiger partial charge in [-0.3, -0.25) is 0 Å². The fraction of sp³-hybridized carbons (Fsp3) is 0.324. The Morgan fingerprint density at radius 1 is 0.500 bits per heavy atom. The highest BCUT2D eigenvalue weighted by molar-refractivity contribution is 6.90. The van der Waals surface area contributed by atoms with Crippen molar-refractivity contribution in [2.45, 2.75) is 134 Å². The Hall–Kier alpha value is -6.98. The first-order valence-corrected chi connectivity index (χ1v) is 29.1. The summed E-state index contributed by atoms with van der Waals surface area (Å²) in [4.78, 5) is 2.62. The van der Waals surface area contributed by atoms with Crippen LogP contribution in [0.25, 0.3) is 55.2 Å². The second kappa shape index (κ2) is 16.5. The van der Waals surface area contributed by atoms with Gasteiger partial charge in [0.1, 0.15) is 0 Å². The lowest BCUT2D eigenvalue weighted by Crippen LogP contribution is -2.56. The quantitative estimate of drug-likeness (QED) is 0.161. The molecule has 0 amide bonds. The minimum absolute atomic E-state index is 0.0534. The predicted octanol–water partition coefficient (Wildman–Crippen LogP) is 18.3. The van der Waals surface area contributed by atoms with Gasteiger partial charge in [-0.1, -0.05) is 151 Å². The van der Waals surface area contributed by atoms with Crippen LogP contribution in [0.4, 0.5) is 17.1 Å². The third kappa shape index (κ3) is 6.69. The van der Waals surface area contributed by atoms with Crippen LogP contribution in [0.3, 0.4) is 0 Å². The van der Waals surface area contributed by atoms with Gasteiger partial charge < -0.3 is 18.9 Å². The smallest absolute Gasteiger partial charge is 0.333 e. The van der Waals surface area contributed by atoms with Crippen LogP contribution in [0.1, 0.15) is 133 Å². The van der Waals surface area contributed by atoms with E-state index in [0.717, 1.165) is 46.2 Å². The molecule has 0 N–H and O–H groups in total. The highest BCUT2D eigenvalue weighted by Crippen LogP contribution is 2.57. The molecule has 9 aromatic rings. The zero-order valence-electron chi connectivity index (χ0n) is 44.8. The number of hydrogen-bond acceptors (Lipinski definition) is 3. The van der Waals surface area contributed by atoms with Gasteiger partial charge >= 0.3 is 6.85 Å². The summed E-state index contributed by atoms with van der Waals surface area (Å²) < 4.78 is 16.7. The maximum absolute atomic E-state index is 6.95. The number of para-hydroxylation sites is 2. The monoisotopic (exact) mass is 991 g/mol. The van der Waals surface area contributed by atoms with E-state index in [1.54, 1.807) is 11.1 Å². The molecule has 0 atom stereocenters. The maximum atomic E-state index is 6.95. The number of hydrogen-bond donors (Lipinski definition) is 0. The van der Waals surface area contributed by atoms with E-state index >= 15 is 0 Å². The van der Waals surface area contributed by atoms with E-state index in [9.17, 15) is 0 Å². The molecule has 4 nitrogen and oxygen atoms in total. The van der Waals surface area contributed by atoms with Crippen molar-refractivity contribution < 1.29 is 9.47 Å². The minimum atomic E-state index is -0.148. The van der Waals surface area contributed by atoms with E-state index in [1.165, 1.54) is 173 Å². The van der Waals surface area contributed by atoms with Crippen LogP contribution < -0.4 is 25.3 Å². The van der Waals surface area contributed by atoms with E-state index < -0.39 is 0 Å². The lowest BCUT2D eigenvalue weighted by atomic mass is 9.44. The lowest BCUT2D eigenvalue weighted by molar-refractivity contribution is 0.149. The third-order valence-electron chi connectivity index (χ3n) is 20.3. The number of benzene rings is 8. The van der Waals surface area contributed by atoms with Gasteiger partial charge in [-0.05, 0) is 196 Å². The van der Waals surface area contributed by atoms with Crippen LogP contribution in [0.5, 0.6) is 23.0 Å². The molecule has 4 aliphatic carbocycles.